The Balaban J connectivity index is 1.65. The summed E-state index contributed by atoms with van der Waals surface area (Å²) in [6, 6.07) is 13.0. The number of ether oxygens (including phenoxy) is 2. The molecule has 8 nitrogen and oxygen atoms in total. The Labute approximate surface area is 170 Å². The summed E-state index contributed by atoms with van der Waals surface area (Å²) in [5, 5.41) is 10.4. The van der Waals surface area contributed by atoms with Crippen LogP contribution >= 0.6 is 11.6 Å². The summed E-state index contributed by atoms with van der Waals surface area (Å²) < 4.78 is 14.0. The quantitative estimate of drug-likeness (QED) is 0.451. The number of hydrogen-bond acceptors (Lipinski definition) is 6. The third-order valence-electron chi connectivity index (χ3n) is 4.60. The van der Waals surface area contributed by atoms with Crippen LogP contribution in [0.2, 0.25) is 5.02 Å². The number of aromatic nitrogens is 6. The summed E-state index contributed by atoms with van der Waals surface area (Å²) in [4.78, 5) is 9.22. The van der Waals surface area contributed by atoms with Gasteiger partial charge < -0.3 is 9.47 Å². The molecule has 0 spiro atoms. The van der Waals surface area contributed by atoms with Crippen LogP contribution in [0.25, 0.3) is 33.8 Å². The van der Waals surface area contributed by atoms with Gasteiger partial charge in [-0.25, -0.2) is 19.2 Å². The Morgan fingerprint density at radius 1 is 0.966 bits per heavy atom. The Bertz CT molecular complexity index is 1360. The Hall–Kier alpha value is -3.65. The lowest BCUT2D eigenvalue weighted by atomic mass is 10.2. The molecule has 0 atom stereocenters. The van der Waals surface area contributed by atoms with Gasteiger partial charge in [0.1, 0.15) is 6.33 Å². The van der Waals surface area contributed by atoms with Gasteiger partial charge in [0.15, 0.2) is 28.6 Å². The van der Waals surface area contributed by atoms with Crippen LogP contribution in [0.5, 0.6) is 11.5 Å². The lowest BCUT2D eigenvalue weighted by Gasteiger charge is -2.07. The number of fused-ring (bicyclic) bond motifs is 3. The van der Waals surface area contributed by atoms with E-state index in [1.165, 1.54) is 0 Å². The van der Waals surface area contributed by atoms with Gasteiger partial charge in [0.25, 0.3) is 0 Å². The normalized spacial score (nSPS) is 11.3. The highest BCUT2D eigenvalue weighted by atomic mass is 35.5. The van der Waals surface area contributed by atoms with Crippen molar-refractivity contribution in [2.45, 2.75) is 0 Å². The molecule has 0 fully saturated rings. The van der Waals surface area contributed by atoms with Crippen molar-refractivity contribution in [3.63, 3.8) is 0 Å². The van der Waals surface area contributed by atoms with Crippen LogP contribution in [0.3, 0.4) is 0 Å². The lowest BCUT2D eigenvalue weighted by molar-refractivity contribution is 0.355. The summed E-state index contributed by atoms with van der Waals surface area (Å²) >= 11 is 6.12. The maximum atomic E-state index is 6.12. The van der Waals surface area contributed by atoms with E-state index < -0.39 is 0 Å². The van der Waals surface area contributed by atoms with Crippen molar-refractivity contribution in [3.8, 4) is 28.6 Å². The molecule has 0 aliphatic heterocycles. The predicted octanol–water partition coefficient (Wildman–Crippen LogP) is 3.80. The van der Waals surface area contributed by atoms with Crippen molar-refractivity contribution in [1.29, 1.82) is 0 Å². The second-order valence-electron chi connectivity index (χ2n) is 6.29. The molecule has 0 aliphatic rings. The van der Waals surface area contributed by atoms with Crippen LogP contribution in [0, 0.1) is 0 Å². The van der Waals surface area contributed by atoms with Gasteiger partial charge in [0, 0.05) is 10.6 Å². The second-order valence-corrected chi connectivity index (χ2v) is 6.73. The average Bonchev–Trinajstić information content (AvgIpc) is 3.37. The molecule has 3 aromatic heterocycles. The fourth-order valence-electron chi connectivity index (χ4n) is 3.22. The summed E-state index contributed by atoms with van der Waals surface area (Å²) in [6.07, 6.45) is 3.35. The molecule has 0 saturated carbocycles. The molecule has 3 heterocycles. The van der Waals surface area contributed by atoms with Crippen LogP contribution in [-0.2, 0) is 0 Å². The second kappa shape index (κ2) is 6.75. The monoisotopic (exact) mass is 406 g/mol. The van der Waals surface area contributed by atoms with E-state index >= 15 is 0 Å². The van der Waals surface area contributed by atoms with E-state index in [-0.39, 0.29) is 0 Å². The van der Waals surface area contributed by atoms with Crippen molar-refractivity contribution in [2.75, 3.05) is 14.2 Å². The highest BCUT2D eigenvalue weighted by Gasteiger charge is 2.16. The summed E-state index contributed by atoms with van der Waals surface area (Å²) in [5.74, 6) is 1.81. The molecular formula is C20H15ClN6O2. The fraction of sp³-hybridized carbons (Fsp3) is 0.100. The Kier molecular flexibility index (Phi) is 4.06. The van der Waals surface area contributed by atoms with Gasteiger partial charge in [-0.1, -0.05) is 17.7 Å². The molecule has 0 radical (unpaired) electrons. The number of halogens is 1. The van der Waals surface area contributed by atoms with Gasteiger partial charge in [-0.05, 0) is 36.4 Å². The molecule has 0 N–H and O–H groups in total. The standard InChI is InChI=1S/C20H15ClN6O2/c1-28-16-7-6-12(8-17(16)29-2)18-24-20-15-10-23-27(14-5-3-4-13(21)9-14)19(15)22-11-26(20)25-18/h3-11H,1-2H3. The zero-order valence-corrected chi connectivity index (χ0v) is 16.3. The minimum atomic E-state index is 0.552. The molecule has 2 aromatic carbocycles. The maximum Gasteiger partial charge on any atom is 0.182 e. The molecule has 0 saturated heterocycles. The number of hydrogen-bond donors (Lipinski definition) is 0. The third kappa shape index (κ3) is 2.85. The van der Waals surface area contributed by atoms with Gasteiger partial charge >= 0.3 is 0 Å². The first-order chi connectivity index (χ1) is 14.2. The topological polar surface area (TPSA) is 79.4 Å². The molecule has 0 bridgehead atoms. The minimum absolute atomic E-state index is 0.552. The van der Waals surface area contributed by atoms with Gasteiger partial charge in [-0.2, -0.15) is 5.10 Å². The van der Waals surface area contributed by atoms with Crippen LogP contribution < -0.4 is 9.47 Å². The van der Waals surface area contributed by atoms with Crippen molar-refractivity contribution in [3.05, 3.63) is 60.0 Å². The van der Waals surface area contributed by atoms with Crippen LogP contribution in [0.15, 0.2) is 55.0 Å². The molecule has 144 valence electrons. The molecule has 0 amide bonds. The van der Waals surface area contributed by atoms with E-state index in [4.69, 9.17) is 26.1 Å². The van der Waals surface area contributed by atoms with Crippen LogP contribution in [0.1, 0.15) is 0 Å². The van der Waals surface area contributed by atoms with Gasteiger partial charge in [-0.15, -0.1) is 5.10 Å². The number of nitrogens with zero attached hydrogens (tertiary/aromatic N) is 6. The van der Waals surface area contributed by atoms with Crippen molar-refractivity contribution < 1.29 is 9.47 Å². The molecule has 9 heteroatoms. The molecule has 0 aliphatic carbocycles. The summed E-state index contributed by atoms with van der Waals surface area (Å²) in [5.41, 5.74) is 2.96. The molecule has 5 rings (SSSR count). The van der Waals surface area contributed by atoms with Crippen molar-refractivity contribution in [1.82, 2.24) is 29.4 Å². The molecule has 0 unspecified atom stereocenters. The van der Waals surface area contributed by atoms with Crippen molar-refractivity contribution >= 4 is 28.3 Å². The van der Waals surface area contributed by atoms with E-state index in [9.17, 15) is 0 Å². The van der Waals surface area contributed by atoms with Gasteiger partial charge in [-0.3, -0.25) is 0 Å². The van der Waals surface area contributed by atoms with E-state index in [1.807, 2.05) is 42.5 Å². The van der Waals surface area contributed by atoms with E-state index in [2.05, 4.69) is 15.2 Å². The number of methoxy groups -OCH3 is 2. The fourth-order valence-corrected chi connectivity index (χ4v) is 3.40. The largest absolute Gasteiger partial charge is 0.493 e. The van der Waals surface area contributed by atoms with Crippen LogP contribution in [0.4, 0.5) is 0 Å². The van der Waals surface area contributed by atoms with E-state index in [1.54, 1.807) is 35.9 Å². The predicted molar refractivity (Wildman–Crippen MR) is 109 cm³/mol. The zero-order chi connectivity index (χ0) is 20.0. The van der Waals surface area contributed by atoms with Gasteiger partial charge in [0.05, 0.1) is 31.5 Å². The summed E-state index contributed by atoms with van der Waals surface area (Å²) in [6.45, 7) is 0. The number of benzene rings is 2. The highest BCUT2D eigenvalue weighted by molar-refractivity contribution is 6.30. The Morgan fingerprint density at radius 3 is 2.62 bits per heavy atom. The molecule has 5 aromatic rings. The number of rotatable bonds is 4. The summed E-state index contributed by atoms with van der Waals surface area (Å²) in [7, 11) is 3.19. The van der Waals surface area contributed by atoms with Crippen molar-refractivity contribution in [2.24, 2.45) is 0 Å². The first kappa shape index (κ1) is 17.4. The minimum Gasteiger partial charge on any atom is -0.493 e. The first-order valence-electron chi connectivity index (χ1n) is 8.75. The molecular weight excluding hydrogens is 392 g/mol. The zero-order valence-electron chi connectivity index (χ0n) is 15.6. The Morgan fingerprint density at radius 2 is 1.83 bits per heavy atom. The van der Waals surface area contributed by atoms with Gasteiger partial charge in [0.2, 0.25) is 0 Å². The van der Waals surface area contributed by atoms with E-state index in [0.29, 0.717) is 33.6 Å². The smallest absolute Gasteiger partial charge is 0.182 e. The highest BCUT2D eigenvalue weighted by Crippen LogP contribution is 2.31. The third-order valence-corrected chi connectivity index (χ3v) is 4.84. The SMILES string of the molecule is COc1ccc(-c2nc3c4cnn(-c5cccc(Cl)c5)c4ncn3n2)cc1OC. The first-order valence-corrected chi connectivity index (χ1v) is 9.13. The van der Waals surface area contributed by atoms with E-state index in [0.717, 1.165) is 16.6 Å². The van der Waals surface area contributed by atoms with Crippen LogP contribution in [-0.4, -0.2) is 43.6 Å². The maximum absolute atomic E-state index is 6.12. The average molecular weight is 407 g/mol. The lowest BCUT2D eigenvalue weighted by Crippen LogP contribution is -1.98. The molecule has 29 heavy (non-hydrogen) atoms.